The number of carbonyl (C=O) groups excluding carboxylic acids is 2. The largest absolute Gasteiger partial charge is 0.458 e. The Hall–Kier alpha value is -4.17. The third-order valence-corrected chi connectivity index (χ3v) is 6.10. The van der Waals surface area contributed by atoms with E-state index in [0.29, 0.717) is 10.8 Å². The summed E-state index contributed by atoms with van der Waals surface area (Å²) < 4.78 is 10.8. The van der Waals surface area contributed by atoms with Gasteiger partial charge in [-0.15, -0.1) is 11.3 Å². The highest BCUT2D eigenvalue weighted by Gasteiger charge is 2.24. The van der Waals surface area contributed by atoms with Crippen molar-refractivity contribution in [3.63, 3.8) is 0 Å². The van der Waals surface area contributed by atoms with E-state index in [0.717, 1.165) is 16.8 Å². The Labute approximate surface area is 214 Å². The summed E-state index contributed by atoms with van der Waals surface area (Å²) >= 11 is 1.42. The van der Waals surface area contributed by atoms with E-state index in [1.807, 2.05) is 97.2 Å². The Bertz CT molecular complexity index is 1260. The molecule has 4 rings (SSSR count). The molecule has 0 unspecified atom stereocenters. The maximum absolute atomic E-state index is 12.9. The van der Waals surface area contributed by atoms with Crippen LogP contribution >= 0.6 is 11.3 Å². The molecule has 0 aliphatic heterocycles. The highest BCUT2D eigenvalue weighted by molar-refractivity contribution is 7.13. The number of nitrogens with zero attached hydrogens (tertiary/aromatic N) is 1. The predicted molar refractivity (Wildman–Crippen MR) is 140 cm³/mol. The van der Waals surface area contributed by atoms with Gasteiger partial charge in [0.15, 0.2) is 5.13 Å². The number of anilines is 2. The fraction of sp³-hybridized carbons (Fsp3) is 0.179. The van der Waals surface area contributed by atoms with Crippen LogP contribution in [0, 0.1) is 6.92 Å². The van der Waals surface area contributed by atoms with Gasteiger partial charge in [0.1, 0.15) is 19.3 Å². The van der Waals surface area contributed by atoms with Gasteiger partial charge in [-0.1, -0.05) is 78.4 Å². The minimum absolute atomic E-state index is 0.00303. The first-order chi connectivity index (χ1) is 17.5. The minimum Gasteiger partial charge on any atom is -0.458 e. The molecule has 0 bridgehead atoms. The number of nitrogens with one attached hydrogen (secondary N) is 2. The molecule has 4 aromatic rings. The standard InChI is InChI=1S/C28H27N3O4S/c1-20-12-14-23(15-13-20)29-27-30-24(19-36-27)18-34-26(32)25(16-21-8-4-2-5-9-21)31-28(33)35-17-22-10-6-3-7-11-22/h2-15,19,25H,16-18H2,1H3,(H,29,30)(H,31,33)/t25-/m0/s1. The second-order valence-corrected chi connectivity index (χ2v) is 9.05. The Morgan fingerprint density at radius 2 is 1.53 bits per heavy atom. The third kappa shape index (κ3) is 7.68. The van der Waals surface area contributed by atoms with Gasteiger partial charge in [-0.05, 0) is 30.2 Å². The van der Waals surface area contributed by atoms with E-state index in [-0.39, 0.29) is 19.6 Å². The number of esters is 1. The smallest absolute Gasteiger partial charge is 0.408 e. The molecule has 1 aromatic heterocycles. The lowest BCUT2D eigenvalue weighted by Gasteiger charge is -2.17. The van der Waals surface area contributed by atoms with Crippen LogP contribution in [0.15, 0.2) is 90.3 Å². The molecule has 36 heavy (non-hydrogen) atoms. The van der Waals surface area contributed by atoms with Crippen LogP contribution in [0.25, 0.3) is 0 Å². The SMILES string of the molecule is Cc1ccc(Nc2nc(COC(=O)[C@H](Cc3ccccc3)NC(=O)OCc3ccccc3)cs2)cc1. The maximum atomic E-state index is 12.9. The van der Waals surface area contributed by atoms with Crippen molar-refractivity contribution >= 4 is 34.2 Å². The van der Waals surface area contributed by atoms with E-state index in [1.165, 1.54) is 16.9 Å². The quantitative estimate of drug-likeness (QED) is 0.268. The van der Waals surface area contributed by atoms with E-state index in [2.05, 4.69) is 15.6 Å². The fourth-order valence-corrected chi connectivity index (χ4v) is 4.10. The number of thiazole rings is 1. The number of alkyl carbamates (subject to hydrolysis) is 1. The van der Waals surface area contributed by atoms with Crippen molar-refractivity contribution in [1.29, 1.82) is 0 Å². The van der Waals surface area contributed by atoms with E-state index >= 15 is 0 Å². The Morgan fingerprint density at radius 1 is 0.861 bits per heavy atom. The lowest BCUT2D eigenvalue weighted by atomic mass is 10.1. The third-order valence-electron chi connectivity index (χ3n) is 5.29. The Balaban J connectivity index is 1.34. The molecule has 0 saturated heterocycles. The number of hydrogen-bond donors (Lipinski definition) is 2. The summed E-state index contributed by atoms with van der Waals surface area (Å²) in [6, 6.07) is 25.9. The highest BCUT2D eigenvalue weighted by Crippen LogP contribution is 2.21. The van der Waals surface area contributed by atoms with E-state index in [1.54, 1.807) is 0 Å². The van der Waals surface area contributed by atoms with Crippen molar-refractivity contribution in [2.45, 2.75) is 32.6 Å². The van der Waals surface area contributed by atoms with E-state index in [9.17, 15) is 9.59 Å². The number of carbonyl (C=O) groups is 2. The summed E-state index contributed by atoms with van der Waals surface area (Å²) in [5.41, 5.74) is 4.47. The van der Waals surface area contributed by atoms with Gasteiger partial charge in [-0.2, -0.15) is 0 Å². The first kappa shape index (κ1) is 24.9. The number of aryl methyl sites for hydroxylation is 1. The van der Waals surface area contributed by atoms with Crippen molar-refractivity contribution in [2.75, 3.05) is 5.32 Å². The molecule has 8 heteroatoms. The van der Waals surface area contributed by atoms with Crippen molar-refractivity contribution in [1.82, 2.24) is 10.3 Å². The van der Waals surface area contributed by atoms with E-state index in [4.69, 9.17) is 9.47 Å². The molecular formula is C28H27N3O4S. The monoisotopic (exact) mass is 501 g/mol. The van der Waals surface area contributed by atoms with Crippen molar-refractivity contribution in [2.24, 2.45) is 0 Å². The lowest BCUT2D eigenvalue weighted by molar-refractivity contribution is -0.147. The molecule has 0 fully saturated rings. The number of benzene rings is 3. The zero-order valence-corrected chi connectivity index (χ0v) is 20.7. The van der Waals surface area contributed by atoms with Crippen molar-refractivity contribution in [3.8, 4) is 0 Å². The molecule has 0 spiro atoms. The molecule has 0 aliphatic rings. The Morgan fingerprint density at radius 3 is 2.22 bits per heavy atom. The summed E-state index contributed by atoms with van der Waals surface area (Å²) in [5, 5.41) is 8.42. The van der Waals surface area contributed by atoms with Crippen LogP contribution in [0.5, 0.6) is 0 Å². The topological polar surface area (TPSA) is 89.6 Å². The zero-order valence-electron chi connectivity index (χ0n) is 19.8. The number of ether oxygens (including phenoxy) is 2. The molecule has 1 amide bonds. The first-order valence-electron chi connectivity index (χ1n) is 11.5. The lowest BCUT2D eigenvalue weighted by Crippen LogP contribution is -2.43. The normalized spacial score (nSPS) is 11.4. The maximum Gasteiger partial charge on any atom is 0.408 e. The van der Waals surface area contributed by atoms with Gasteiger partial charge < -0.3 is 20.1 Å². The van der Waals surface area contributed by atoms with E-state index < -0.39 is 18.1 Å². The van der Waals surface area contributed by atoms with Gasteiger partial charge in [0.05, 0.1) is 5.69 Å². The van der Waals surface area contributed by atoms with Crippen molar-refractivity contribution in [3.05, 3.63) is 113 Å². The predicted octanol–water partition coefficient (Wildman–Crippen LogP) is 5.78. The number of amides is 1. The van der Waals surface area contributed by atoms with Crippen LogP contribution in [0.4, 0.5) is 15.6 Å². The van der Waals surface area contributed by atoms with Crippen LogP contribution in [0.3, 0.4) is 0 Å². The molecule has 184 valence electrons. The molecular weight excluding hydrogens is 474 g/mol. The Kier molecular flexibility index (Phi) is 8.67. The van der Waals surface area contributed by atoms with Gasteiger partial charge in [-0.25, -0.2) is 14.6 Å². The molecule has 0 aliphatic carbocycles. The van der Waals surface area contributed by atoms with Crippen LogP contribution in [-0.4, -0.2) is 23.1 Å². The number of rotatable bonds is 10. The van der Waals surface area contributed by atoms with Gasteiger partial charge in [0.2, 0.25) is 0 Å². The second-order valence-electron chi connectivity index (χ2n) is 8.19. The summed E-state index contributed by atoms with van der Waals surface area (Å²) in [5.74, 6) is -0.559. The number of hydrogen-bond acceptors (Lipinski definition) is 7. The average Bonchev–Trinajstić information content (AvgIpc) is 3.35. The molecule has 7 nitrogen and oxygen atoms in total. The van der Waals surface area contributed by atoms with Crippen molar-refractivity contribution < 1.29 is 19.1 Å². The summed E-state index contributed by atoms with van der Waals surface area (Å²) in [6.45, 7) is 2.13. The number of aromatic nitrogens is 1. The molecule has 1 heterocycles. The molecule has 2 N–H and O–H groups in total. The fourth-order valence-electron chi connectivity index (χ4n) is 3.39. The molecule has 0 saturated carbocycles. The summed E-state index contributed by atoms with van der Waals surface area (Å²) in [4.78, 5) is 29.8. The first-order valence-corrected chi connectivity index (χ1v) is 12.4. The van der Waals surface area contributed by atoms with Crippen LogP contribution in [0.2, 0.25) is 0 Å². The van der Waals surface area contributed by atoms with Gasteiger partial charge in [0, 0.05) is 17.5 Å². The molecule has 0 radical (unpaired) electrons. The van der Waals surface area contributed by atoms with Crippen LogP contribution in [0.1, 0.15) is 22.4 Å². The van der Waals surface area contributed by atoms with Gasteiger partial charge in [-0.3, -0.25) is 0 Å². The zero-order chi connectivity index (χ0) is 25.2. The van der Waals surface area contributed by atoms with Gasteiger partial charge >= 0.3 is 12.1 Å². The highest BCUT2D eigenvalue weighted by atomic mass is 32.1. The van der Waals surface area contributed by atoms with Gasteiger partial charge in [0.25, 0.3) is 0 Å². The molecule has 3 aromatic carbocycles. The second kappa shape index (κ2) is 12.5. The molecule has 1 atom stereocenters. The summed E-state index contributed by atoms with van der Waals surface area (Å²) in [6.07, 6.45) is -0.410. The van der Waals surface area contributed by atoms with Crippen LogP contribution in [-0.2, 0) is 33.9 Å². The average molecular weight is 502 g/mol. The van der Waals surface area contributed by atoms with Crippen LogP contribution < -0.4 is 10.6 Å². The minimum atomic E-state index is -0.903. The summed E-state index contributed by atoms with van der Waals surface area (Å²) in [7, 11) is 0.